The fourth-order valence-electron chi connectivity index (χ4n) is 3.55. The Labute approximate surface area is 178 Å². The van der Waals surface area contributed by atoms with Gasteiger partial charge in [-0.1, -0.05) is 65.5 Å². The van der Waals surface area contributed by atoms with Crippen LogP contribution in [-0.2, 0) is 13.0 Å². The zero-order valence-corrected chi connectivity index (χ0v) is 17.5. The third-order valence-electron chi connectivity index (χ3n) is 4.93. The van der Waals surface area contributed by atoms with Crippen LogP contribution in [0.2, 0.25) is 5.02 Å². The molecule has 2 aromatic carbocycles. The molecule has 5 rings (SSSR count). The Bertz CT molecular complexity index is 1000. The molecule has 0 radical (unpaired) electrons. The van der Waals surface area contributed by atoms with Gasteiger partial charge in [-0.25, -0.2) is 0 Å². The van der Waals surface area contributed by atoms with E-state index in [0.717, 1.165) is 40.6 Å². The minimum absolute atomic E-state index is 0.284. The summed E-state index contributed by atoms with van der Waals surface area (Å²) in [5, 5.41) is 8.56. The van der Waals surface area contributed by atoms with Crippen LogP contribution in [0.3, 0.4) is 0 Å². The zero-order valence-electron chi connectivity index (χ0n) is 15.1. The highest BCUT2D eigenvalue weighted by Crippen LogP contribution is 2.34. The molecule has 0 amide bonds. The van der Waals surface area contributed by atoms with E-state index in [-0.39, 0.29) is 6.04 Å². The smallest absolute Gasteiger partial charge is 0.168 e. The number of nitrogens with one attached hydrogen (secondary N) is 1. The maximum atomic E-state index is 6.12. The zero-order chi connectivity index (χ0) is 18.9. The molecule has 0 aliphatic carbocycles. The molecular weight excluding hydrogens is 408 g/mol. The molecule has 3 aliphatic rings. The number of fused-ring (bicyclic) bond motifs is 2. The van der Waals surface area contributed by atoms with Crippen molar-refractivity contribution in [2.75, 3.05) is 17.6 Å². The molecule has 1 N–H and O–H groups in total. The van der Waals surface area contributed by atoms with Gasteiger partial charge >= 0.3 is 0 Å². The Morgan fingerprint density at radius 1 is 1.21 bits per heavy atom. The fraction of sp³-hybridized carbons (Fsp3) is 0.238. The van der Waals surface area contributed by atoms with Crippen LogP contribution in [-0.4, -0.2) is 33.6 Å². The third kappa shape index (κ3) is 3.81. The number of aliphatic imine (C=N–C) groups is 2. The molecule has 0 fully saturated rings. The quantitative estimate of drug-likeness (QED) is 0.727. The van der Waals surface area contributed by atoms with Crippen LogP contribution in [0.15, 0.2) is 69.6 Å². The summed E-state index contributed by atoms with van der Waals surface area (Å²) in [5.41, 5.74) is 4.97. The van der Waals surface area contributed by atoms with Crippen molar-refractivity contribution in [3.05, 3.63) is 75.8 Å². The van der Waals surface area contributed by atoms with E-state index in [0.29, 0.717) is 0 Å². The number of anilines is 1. The number of hydrogen-bond acceptors (Lipinski definition) is 6. The molecule has 1 atom stereocenters. The molecule has 0 saturated heterocycles. The minimum atomic E-state index is 0.284. The van der Waals surface area contributed by atoms with Crippen molar-refractivity contribution in [3.63, 3.8) is 0 Å². The van der Waals surface area contributed by atoms with Gasteiger partial charge in [-0.15, -0.1) is 0 Å². The lowest BCUT2D eigenvalue weighted by Gasteiger charge is -2.20. The molecule has 0 aromatic heterocycles. The molecule has 0 bridgehead atoms. The van der Waals surface area contributed by atoms with Crippen molar-refractivity contribution < 1.29 is 0 Å². The van der Waals surface area contributed by atoms with E-state index >= 15 is 0 Å². The van der Waals surface area contributed by atoms with Crippen molar-refractivity contribution in [1.29, 1.82) is 0 Å². The normalized spacial score (nSPS) is 20.1. The van der Waals surface area contributed by atoms with E-state index in [1.807, 2.05) is 18.2 Å². The highest BCUT2D eigenvalue weighted by molar-refractivity contribution is 8.17. The van der Waals surface area contributed by atoms with Crippen LogP contribution < -0.4 is 5.32 Å². The first kappa shape index (κ1) is 18.2. The number of amidine groups is 2. The predicted octanol–water partition coefficient (Wildman–Crippen LogP) is 5.23. The summed E-state index contributed by atoms with van der Waals surface area (Å²) in [6.45, 7) is 1.68. The highest BCUT2D eigenvalue weighted by atomic mass is 35.5. The maximum absolute atomic E-state index is 6.12. The van der Waals surface area contributed by atoms with E-state index in [1.54, 1.807) is 23.5 Å². The van der Waals surface area contributed by atoms with Gasteiger partial charge in [-0.3, -0.25) is 9.98 Å². The molecule has 2 aromatic rings. The van der Waals surface area contributed by atoms with Gasteiger partial charge in [-0.2, -0.15) is 0 Å². The van der Waals surface area contributed by atoms with Crippen LogP contribution >= 0.6 is 35.1 Å². The summed E-state index contributed by atoms with van der Waals surface area (Å²) in [5.74, 6) is 0.893. The minimum Gasteiger partial charge on any atom is -0.335 e. The van der Waals surface area contributed by atoms with Gasteiger partial charge in [0.25, 0.3) is 0 Å². The van der Waals surface area contributed by atoms with E-state index in [1.165, 1.54) is 22.5 Å². The summed E-state index contributed by atoms with van der Waals surface area (Å²) in [6.07, 6.45) is 0.923. The van der Waals surface area contributed by atoms with Crippen LogP contribution in [0.1, 0.15) is 11.1 Å². The number of para-hydroxylation sites is 1. The number of nitrogens with zero attached hydrogens (tertiary/aromatic N) is 3. The summed E-state index contributed by atoms with van der Waals surface area (Å²) >= 11 is 9.60. The van der Waals surface area contributed by atoms with Crippen molar-refractivity contribution >= 4 is 51.1 Å². The molecule has 142 valence electrons. The first-order valence-electron chi connectivity index (χ1n) is 9.22. The largest absolute Gasteiger partial charge is 0.335 e. The van der Waals surface area contributed by atoms with Gasteiger partial charge in [-0.05, 0) is 41.2 Å². The van der Waals surface area contributed by atoms with Crippen molar-refractivity contribution in [3.8, 4) is 0 Å². The van der Waals surface area contributed by atoms with E-state index in [4.69, 9.17) is 16.6 Å². The van der Waals surface area contributed by atoms with Crippen molar-refractivity contribution in [2.24, 2.45) is 9.98 Å². The Balaban J connectivity index is 1.18. The average molecular weight is 427 g/mol. The average Bonchev–Trinajstić information content (AvgIpc) is 3.26. The second-order valence-electron chi connectivity index (χ2n) is 6.93. The predicted molar refractivity (Wildman–Crippen MR) is 122 cm³/mol. The lowest BCUT2D eigenvalue weighted by molar-refractivity contribution is 0.512. The van der Waals surface area contributed by atoms with Crippen LogP contribution in [0, 0.1) is 0 Å². The lowest BCUT2D eigenvalue weighted by atomic mass is 10.1. The molecule has 0 unspecified atom stereocenters. The molecule has 7 heteroatoms. The molecule has 3 heterocycles. The van der Waals surface area contributed by atoms with Gasteiger partial charge in [0.15, 0.2) is 10.3 Å². The van der Waals surface area contributed by atoms with Crippen molar-refractivity contribution in [1.82, 2.24) is 4.90 Å². The standard InChI is InChI=1S/C21H19ClN4S2/c22-16-6-3-4-14(8-16)9-17-11-26-18(13-28-21(26)24-17)12-27-20-23-10-15-5-1-2-7-19(15)25-20/h1-8,13,17H,9-12H2,(H,23,25)/t17-/m0/s1. The van der Waals surface area contributed by atoms with Crippen LogP contribution in [0.25, 0.3) is 0 Å². The van der Waals surface area contributed by atoms with Gasteiger partial charge < -0.3 is 10.2 Å². The molecular formula is C21H19ClN4S2. The van der Waals surface area contributed by atoms with Gasteiger partial charge in [0, 0.05) is 28.7 Å². The summed E-state index contributed by atoms with van der Waals surface area (Å²) in [4.78, 5) is 11.9. The van der Waals surface area contributed by atoms with Crippen molar-refractivity contribution in [2.45, 2.75) is 19.0 Å². The van der Waals surface area contributed by atoms with E-state index in [2.05, 4.69) is 50.9 Å². The van der Waals surface area contributed by atoms with Gasteiger partial charge in [0.2, 0.25) is 0 Å². The third-order valence-corrected chi connectivity index (χ3v) is 7.04. The number of hydrogen-bond donors (Lipinski definition) is 1. The molecule has 3 aliphatic heterocycles. The number of rotatable bonds is 4. The second-order valence-corrected chi connectivity index (χ2v) is 9.17. The topological polar surface area (TPSA) is 40.0 Å². The molecule has 4 nitrogen and oxygen atoms in total. The van der Waals surface area contributed by atoms with E-state index < -0.39 is 0 Å². The number of thioether (sulfide) groups is 2. The highest BCUT2D eigenvalue weighted by Gasteiger charge is 2.32. The maximum Gasteiger partial charge on any atom is 0.168 e. The Morgan fingerprint density at radius 3 is 3.07 bits per heavy atom. The van der Waals surface area contributed by atoms with E-state index in [9.17, 15) is 0 Å². The lowest BCUT2D eigenvalue weighted by Crippen LogP contribution is -2.26. The Morgan fingerprint density at radius 2 is 2.14 bits per heavy atom. The molecule has 0 saturated carbocycles. The Hall–Kier alpha value is -1.89. The summed E-state index contributed by atoms with van der Waals surface area (Å²) in [6, 6.07) is 16.7. The number of halogens is 1. The Kier molecular flexibility index (Phi) is 5.09. The monoisotopic (exact) mass is 426 g/mol. The van der Waals surface area contributed by atoms with Crippen LogP contribution in [0.5, 0.6) is 0 Å². The second kappa shape index (κ2) is 7.85. The van der Waals surface area contributed by atoms with Gasteiger partial charge in [0.1, 0.15) is 0 Å². The van der Waals surface area contributed by atoms with Crippen LogP contribution in [0.4, 0.5) is 5.69 Å². The summed E-state index contributed by atoms with van der Waals surface area (Å²) in [7, 11) is 0. The number of benzene rings is 2. The first-order chi connectivity index (χ1) is 13.7. The molecule has 28 heavy (non-hydrogen) atoms. The molecule has 0 spiro atoms. The fourth-order valence-corrected chi connectivity index (χ4v) is 5.71. The summed E-state index contributed by atoms with van der Waals surface area (Å²) < 4.78 is 0. The first-order valence-corrected chi connectivity index (χ1v) is 11.5. The SMILES string of the molecule is Clc1cccc(C[C@H]2CN3C(CSC4=NCc5ccccc5N4)=CSC3=N2)c1. The van der Waals surface area contributed by atoms with Gasteiger partial charge in [0.05, 0.1) is 12.6 Å².